The zero-order valence-electron chi connectivity index (χ0n) is 10.5. The molecule has 5 nitrogen and oxygen atoms in total. The molecular formula is C13H14N4OS. The summed E-state index contributed by atoms with van der Waals surface area (Å²) in [5, 5.41) is 2.64. The van der Waals surface area contributed by atoms with Crippen molar-refractivity contribution in [1.29, 1.82) is 0 Å². The first-order valence-corrected chi connectivity index (χ1v) is 6.69. The van der Waals surface area contributed by atoms with Crippen molar-refractivity contribution >= 4 is 29.3 Å². The molecule has 0 aliphatic heterocycles. The molecule has 0 fully saturated rings. The van der Waals surface area contributed by atoms with Crippen molar-refractivity contribution in [2.24, 2.45) is 0 Å². The Labute approximate surface area is 115 Å². The van der Waals surface area contributed by atoms with Gasteiger partial charge in [-0.2, -0.15) is 0 Å². The van der Waals surface area contributed by atoms with E-state index in [1.54, 1.807) is 18.5 Å². The fourth-order valence-corrected chi connectivity index (χ4v) is 2.31. The number of nitrogens with zero attached hydrogens (tertiary/aromatic N) is 2. The first-order chi connectivity index (χ1) is 9.15. The van der Waals surface area contributed by atoms with Crippen LogP contribution in [0.25, 0.3) is 0 Å². The smallest absolute Gasteiger partial charge is 0.237 e. The number of nitrogens with two attached hydrogens (primary N) is 1. The molecule has 1 aromatic carbocycles. The molecule has 3 N–H and O–H groups in total. The van der Waals surface area contributed by atoms with Crippen molar-refractivity contribution in [1.82, 2.24) is 9.97 Å². The van der Waals surface area contributed by atoms with Crippen LogP contribution in [0.2, 0.25) is 0 Å². The number of hydrogen-bond donors (Lipinski definition) is 2. The monoisotopic (exact) mass is 274 g/mol. The molecule has 98 valence electrons. The van der Waals surface area contributed by atoms with Crippen molar-refractivity contribution in [2.75, 3.05) is 16.8 Å². The largest absolute Gasteiger partial charge is 0.399 e. The van der Waals surface area contributed by atoms with E-state index in [2.05, 4.69) is 15.3 Å². The number of nitrogen functional groups attached to an aromatic ring is 1. The van der Waals surface area contributed by atoms with Gasteiger partial charge in [0, 0.05) is 23.0 Å². The summed E-state index contributed by atoms with van der Waals surface area (Å²) in [5.41, 5.74) is 7.47. The maximum atomic E-state index is 11.7. The third-order valence-electron chi connectivity index (χ3n) is 2.37. The Bertz CT molecular complexity index is 574. The van der Waals surface area contributed by atoms with Crippen LogP contribution in [0.4, 0.5) is 11.6 Å². The van der Waals surface area contributed by atoms with E-state index in [1.165, 1.54) is 11.8 Å². The van der Waals surface area contributed by atoms with Crippen LogP contribution < -0.4 is 11.1 Å². The number of amides is 1. The Morgan fingerprint density at radius 2 is 2.11 bits per heavy atom. The Kier molecular flexibility index (Phi) is 4.35. The van der Waals surface area contributed by atoms with Crippen LogP contribution in [0.15, 0.2) is 41.6 Å². The van der Waals surface area contributed by atoms with Gasteiger partial charge in [-0.3, -0.25) is 10.1 Å². The van der Waals surface area contributed by atoms with E-state index >= 15 is 0 Å². The first-order valence-electron chi connectivity index (χ1n) is 5.71. The lowest BCUT2D eigenvalue weighted by atomic mass is 10.2. The van der Waals surface area contributed by atoms with Gasteiger partial charge in [0.25, 0.3) is 0 Å². The van der Waals surface area contributed by atoms with Crippen LogP contribution in [-0.2, 0) is 4.79 Å². The van der Waals surface area contributed by atoms with E-state index in [0.29, 0.717) is 11.7 Å². The van der Waals surface area contributed by atoms with E-state index < -0.39 is 0 Å². The van der Waals surface area contributed by atoms with Crippen molar-refractivity contribution in [3.8, 4) is 0 Å². The zero-order chi connectivity index (χ0) is 13.7. The molecular weight excluding hydrogens is 260 g/mol. The lowest BCUT2D eigenvalue weighted by Gasteiger charge is -2.06. The molecule has 0 saturated carbocycles. The molecule has 1 aromatic heterocycles. The summed E-state index contributed by atoms with van der Waals surface area (Å²) in [4.78, 5) is 20.6. The van der Waals surface area contributed by atoms with Crippen molar-refractivity contribution in [2.45, 2.75) is 11.8 Å². The summed E-state index contributed by atoms with van der Waals surface area (Å²) >= 11 is 1.46. The summed E-state index contributed by atoms with van der Waals surface area (Å²) < 4.78 is 0. The molecule has 2 rings (SSSR count). The van der Waals surface area contributed by atoms with Crippen LogP contribution in [0.1, 0.15) is 5.56 Å². The molecule has 1 amide bonds. The number of thioether (sulfide) groups is 1. The van der Waals surface area contributed by atoms with Gasteiger partial charge in [-0.15, -0.1) is 11.8 Å². The highest BCUT2D eigenvalue weighted by atomic mass is 32.2. The summed E-state index contributed by atoms with van der Waals surface area (Å²) in [6.45, 7) is 1.97. The van der Waals surface area contributed by atoms with E-state index in [9.17, 15) is 4.79 Å². The number of hydrogen-bond acceptors (Lipinski definition) is 5. The fourth-order valence-electron chi connectivity index (χ4n) is 1.50. The summed E-state index contributed by atoms with van der Waals surface area (Å²) in [6, 6.07) is 7.33. The van der Waals surface area contributed by atoms with Gasteiger partial charge >= 0.3 is 0 Å². The number of aromatic nitrogens is 2. The second kappa shape index (κ2) is 6.19. The average molecular weight is 274 g/mol. The maximum Gasteiger partial charge on any atom is 0.237 e. The molecule has 6 heteroatoms. The lowest BCUT2D eigenvalue weighted by molar-refractivity contribution is -0.113. The second-order valence-electron chi connectivity index (χ2n) is 3.93. The summed E-state index contributed by atoms with van der Waals surface area (Å²) in [6.07, 6.45) is 3.17. The molecule has 19 heavy (non-hydrogen) atoms. The van der Waals surface area contributed by atoms with E-state index in [0.717, 1.165) is 16.1 Å². The third kappa shape index (κ3) is 3.96. The highest BCUT2D eigenvalue weighted by molar-refractivity contribution is 8.00. The van der Waals surface area contributed by atoms with Crippen LogP contribution in [0, 0.1) is 6.92 Å². The standard InChI is InChI=1S/C13H14N4OS/c1-9-7-10(14)3-4-11(9)19-8-12(18)17-13-15-5-2-6-16-13/h2-7H,8,14H2,1H3,(H,15,16,17,18). The first kappa shape index (κ1) is 13.4. The minimum atomic E-state index is -0.132. The minimum Gasteiger partial charge on any atom is -0.399 e. The molecule has 0 aliphatic carbocycles. The molecule has 0 aliphatic rings. The minimum absolute atomic E-state index is 0.132. The molecule has 0 saturated heterocycles. The van der Waals surface area contributed by atoms with Crippen LogP contribution in [0.3, 0.4) is 0 Å². The Morgan fingerprint density at radius 3 is 2.79 bits per heavy atom. The lowest BCUT2D eigenvalue weighted by Crippen LogP contribution is -2.15. The maximum absolute atomic E-state index is 11.7. The van der Waals surface area contributed by atoms with Gasteiger partial charge in [0.2, 0.25) is 11.9 Å². The molecule has 0 bridgehead atoms. The van der Waals surface area contributed by atoms with Crippen molar-refractivity contribution in [3.05, 3.63) is 42.2 Å². The molecule has 2 aromatic rings. The molecule has 0 atom stereocenters. The fraction of sp³-hybridized carbons (Fsp3) is 0.154. The van der Waals surface area contributed by atoms with E-state index in [4.69, 9.17) is 5.73 Å². The number of aryl methyl sites for hydroxylation is 1. The number of nitrogens with one attached hydrogen (secondary N) is 1. The highest BCUT2D eigenvalue weighted by Crippen LogP contribution is 2.23. The Morgan fingerprint density at radius 1 is 1.37 bits per heavy atom. The second-order valence-corrected chi connectivity index (χ2v) is 4.95. The average Bonchev–Trinajstić information content (AvgIpc) is 2.39. The molecule has 0 unspecified atom stereocenters. The van der Waals surface area contributed by atoms with Gasteiger partial charge in [-0.05, 0) is 36.8 Å². The summed E-state index contributed by atoms with van der Waals surface area (Å²) in [5.74, 6) is 0.498. The van der Waals surface area contributed by atoms with E-state index in [-0.39, 0.29) is 5.91 Å². The van der Waals surface area contributed by atoms with Gasteiger partial charge in [0.1, 0.15) is 0 Å². The van der Waals surface area contributed by atoms with Crippen LogP contribution >= 0.6 is 11.8 Å². The Balaban J connectivity index is 1.90. The van der Waals surface area contributed by atoms with Crippen molar-refractivity contribution in [3.63, 3.8) is 0 Å². The van der Waals surface area contributed by atoms with Gasteiger partial charge in [0.15, 0.2) is 0 Å². The molecule has 0 radical (unpaired) electrons. The molecule has 0 spiro atoms. The quantitative estimate of drug-likeness (QED) is 0.659. The topological polar surface area (TPSA) is 80.9 Å². The zero-order valence-corrected chi connectivity index (χ0v) is 11.3. The normalized spacial score (nSPS) is 10.2. The number of carbonyl (C=O) groups is 1. The van der Waals surface area contributed by atoms with Crippen molar-refractivity contribution < 1.29 is 4.79 Å². The van der Waals surface area contributed by atoms with Crippen LogP contribution in [0.5, 0.6) is 0 Å². The van der Waals surface area contributed by atoms with Gasteiger partial charge < -0.3 is 5.73 Å². The van der Waals surface area contributed by atoms with E-state index in [1.807, 2.05) is 25.1 Å². The SMILES string of the molecule is Cc1cc(N)ccc1SCC(=O)Nc1ncccn1. The number of carbonyl (C=O) groups excluding carboxylic acids is 1. The summed E-state index contributed by atoms with van der Waals surface area (Å²) in [7, 11) is 0. The highest BCUT2D eigenvalue weighted by Gasteiger charge is 2.06. The van der Waals surface area contributed by atoms with Crippen LogP contribution in [-0.4, -0.2) is 21.6 Å². The number of rotatable bonds is 4. The van der Waals surface area contributed by atoms with Gasteiger partial charge in [-0.25, -0.2) is 9.97 Å². The number of benzene rings is 1. The third-order valence-corrected chi connectivity index (χ3v) is 3.55. The van der Waals surface area contributed by atoms with Gasteiger partial charge in [0.05, 0.1) is 5.75 Å². The number of anilines is 2. The predicted molar refractivity (Wildman–Crippen MR) is 77.0 cm³/mol. The molecule has 1 heterocycles. The Hall–Kier alpha value is -2.08. The predicted octanol–water partition coefficient (Wildman–Crippen LogP) is 2.10. The van der Waals surface area contributed by atoms with Gasteiger partial charge in [-0.1, -0.05) is 0 Å².